The summed E-state index contributed by atoms with van der Waals surface area (Å²) in [4.78, 5) is 24.6. The van der Waals surface area contributed by atoms with Gasteiger partial charge >= 0.3 is 0 Å². The molecule has 27 heavy (non-hydrogen) atoms. The van der Waals surface area contributed by atoms with Crippen molar-refractivity contribution in [3.63, 3.8) is 0 Å². The molecular formula is C19H19BrFN3O3. The fraction of sp³-hybridized carbons (Fsp3) is 0.211. The quantitative estimate of drug-likeness (QED) is 0.480. The van der Waals surface area contributed by atoms with E-state index < -0.39 is 23.7 Å². The molecule has 2 aromatic rings. The Morgan fingerprint density at radius 2 is 1.93 bits per heavy atom. The van der Waals surface area contributed by atoms with Crippen LogP contribution in [0.3, 0.4) is 0 Å². The average molecular weight is 436 g/mol. The molecule has 3 N–H and O–H groups in total. The lowest BCUT2D eigenvalue weighted by atomic mass is 10.0. The monoisotopic (exact) mass is 435 g/mol. The minimum Gasteiger partial charge on any atom is -0.507 e. The summed E-state index contributed by atoms with van der Waals surface area (Å²) in [5.74, 6) is -2.00. The number of phenolic OH excluding ortho intramolecular Hbond substituents is 1. The van der Waals surface area contributed by atoms with E-state index in [1.54, 1.807) is 32.0 Å². The summed E-state index contributed by atoms with van der Waals surface area (Å²) in [6, 6.07) is 9.40. The molecule has 0 saturated carbocycles. The highest BCUT2D eigenvalue weighted by molar-refractivity contribution is 9.10. The van der Waals surface area contributed by atoms with Crippen molar-refractivity contribution < 1.29 is 19.1 Å². The van der Waals surface area contributed by atoms with E-state index in [0.29, 0.717) is 10.0 Å². The first kappa shape index (κ1) is 20.6. The third-order valence-corrected chi connectivity index (χ3v) is 4.35. The summed E-state index contributed by atoms with van der Waals surface area (Å²) in [7, 11) is 0. The maximum atomic E-state index is 13.7. The Morgan fingerprint density at radius 3 is 2.56 bits per heavy atom. The highest BCUT2D eigenvalue weighted by Gasteiger charge is 2.25. The molecule has 0 bridgehead atoms. The fourth-order valence-electron chi connectivity index (χ4n) is 2.24. The van der Waals surface area contributed by atoms with E-state index in [1.165, 1.54) is 30.5 Å². The lowest BCUT2D eigenvalue weighted by molar-refractivity contribution is -0.123. The zero-order valence-corrected chi connectivity index (χ0v) is 16.3. The normalized spacial score (nSPS) is 12.2. The summed E-state index contributed by atoms with van der Waals surface area (Å²) in [5.41, 5.74) is 2.88. The van der Waals surface area contributed by atoms with E-state index in [2.05, 4.69) is 31.8 Å². The largest absolute Gasteiger partial charge is 0.507 e. The van der Waals surface area contributed by atoms with Gasteiger partial charge in [-0.05, 0) is 57.7 Å². The molecule has 0 heterocycles. The molecule has 2 aromatic carbocycles. The second-order valence-electron chi connectivity index (χ2n) is 6.12. The maximum absolute atomic E-state index is 13.7. The second-order valence-corrected chi connectivity index (χ2v) is 6.97. The Morgan fingerprint density at radius 1 is 1.22 bits per heavy atom. The van der Waals surface area contributed by atoms with Crippen LogP contribution in [0.2, 0.25) is 0 Å². The van der Waals surface area contributed by atoms with Gasteiger partial charge in [0.1, 0.15) is 17.6 Å². The molecule has 0 radical (unpaired) electrons. The fourth-order valence-corrected chi connectivity index (χ4v) is 2.64. The number of halogens is 2. The standard InChI is InChI=1S/C19H19BrFN3O3/c1-11(2)17(23-18(26)13-5-3-4-6-15(13)21)19(27)24-22-10-12-7-8-16(25)14(20)9-12/h3-11,17,25H,1-2H3,(H,23,26)(H,24,27)/b22-10+. The smallest absolute Gasteiger partial charge is 0.262 e. The number of nitrogens with one attached hydrogen (secondary N) is 2. The van der Waals surface area contributed by atoms with E-state index in [-0.39, 0.29) is 17.2 Å². The molecule has 0 aliphatic rings. The van der Waals surface area contributed by atoms with Gasteiger partial charge in [-0.1, -0.05) is 26.0 Å². The maximum Gasteiger partial charge on any atom is 0.262 e. The van der Waals surface area contributed by atoms with Crippen molar-refractivity contribution in [2.75, 3.05) is 0 Å². The van der Waals surface area contributed by atoms with Crippen LogP contribution < -0.4 is 10.7 Å². The van der Waals surface area contributed by atoms with E-state index in [9.17, 15) is 19.1 Å². The third-order valence-electron chi connectivity index (χ3n) is 3.71. The Balaban J connectivity index is 2.04. The van der Waals surface area contributed by atoms with Gasteiger partial charge in [0.25, 0.3) is 11.8 Å². The number of amides is 2. The Labute approximate surface area is 164 Å². The van der Waals surface area contributed by atoms with Crippen molar-refractivity contribution in [2.24, 2.45) is 11.0 Å². The van der Waals surface area contributed by atoms with Crippen molar-refractivity contribution >= 4 is 34.0 Å². The number of aromatic hydroxyl groups is 1. The minimum atomic E-state index is -0.888. The van der Waals surface area contributed by atoms with Crippen LogP contribution in [0.15, 0.2) is 52.0 Å². The number of rotatable bonds is 6. The Bertz CT molecular complexity index is 871. The van der Waals surface area contributed by atoms with Crippen molar-refractivity contribution in [1.29, 1.82) is 0 Å². The van der Waals surface area contributed by atoms with Crippen LogP contribution in [0.1, 0.15) is 29.8 Å². The summed E-state index contributed by atoms with van der Waals surface area (Å²) in [6.07, 6.45) is 1.40. The molecule has 2 amide bonds. The van der Waals surface area contributed by atoms with Gasteiger partial charge in [-0.3, -0.25) is 9.59 Å². The Kier molecular flexibility index (Phi) is 7.06. The molecule has 2 rings (SSSR count). The van der Waals surface area contributed by atoms with Gasteiger partial charge in [-0.25, -0.2) is 9.82 Å². The van der Waals surface area contributed by atoms with Crippen LogP contribution >= 0.6 is 15.9 Å². The van der Waals surface area contributed by atoms with Crippen LogP contribution in [0.5, 0.6) is 5.75 Å². The van der Waals surface area contributed by atoms with Crippen molar-refractivity contribution in [3.8, 4) is 5.75 Å². The SMILES string of the molecule is CC(C)C(NC(=O)c1ccccc1F)C(=O)N/N=C/c1ccc(O)c(Br)c1. The van der Waals surface area contributed by atoms with Crippen molar-refractivity contribution in [3.05, 3.63) is 63.9 Å². The summed E-state index contributed by atoms with van der Waals surface area (Å²) >= 11 is 3.19. The molecule has 0 fully saturated rings. The van der Waals surface area contributed by atoms with Gasteiger partial charge in [0, 0.05) is 0 Å². The van der Waals surface area contributed by atoms with Crippen LogP contribution in [0, 0.1) is 11.7 Å². The van der Waals surface area contributed by atoms with Crippen molar-refractivity contribution in [1.82, 2.24) is 10.7 Å². The van der Waals surface area contributed by atoms with Crippen LogP contribution in [-0.4, -0.2) is 29.2 Å². The van der Waals surface area contributed by atoms with E-state index in [4.69, 9.17) is 0 Å². The first-order chi connectivity index (χ1) is 12.8. The summed E-state index contributed by atoms with van der Waals surface area (Å²) in [6.45, 7) is 3.51. The van der Waals surface area contributed by atoms with Crippen LogP contribution in [-0.2, 0) is 4.79 Å². The second kappa shape index (κ2) is 9.27. The molecule has 142 valence electrons. The number of hydrazone groups is 1. The lowest BCUT2D eigenvalue weighted by Gasteiger charge is -2.20. The molecule has 1 atom stereocenters. The molecule has 6 nitrogen and oxygen atoms in total. The highest BCUT2D eigenvalue weighted by atomic mass is 79.9. The number of hydrogen-bond donors (Lipinski definition) is 3. The van der Waals surface area contributed by atoms with Crippen LogP contribution in [0.4, 0.5) is 4.39 Å². The molecular weight excluding hydrogens is 417 g/mol. The molecule has 0 saturated heterocycles. The molecule has 0 aromatic heterocycles. The zero-order chi connectivity index (χ0) is 20.0. The van der Waals surface area contributed by atoms with Crippen molar-refractivity contribution in [2.45, 2.75) is 19.9 Å². The predicted molar refractivity (Wildman–Crippen MR) is 104 cm³/mol. The number of carbonyl (C=O) groups is 2. The lowest BCUT2D eigenvalue weighted by Crippen LogP contribution is -2.48. The van der Waals surface area contributed by atoms with Gasteiger partial charge in [0.2, 0.25) is 0 Å². The van der Waals surface area contributed by atoms with Gasteiger partial charge in [0.05, 0.1) is 16.3 Å². The summed E-state index contributed by atoms with van der Waals surface area (Å²) in [5, 5.41) is 15.9. The number of phenols is 1. The molecule has 8 heteroatoms. The van der Waals surface area contributed by atoms with Gasteiger partial charge in [-0.2, -0.15) is 5.10 Å². The highest BCUT2D eigenvalue weighted by Crippen LogP contribution is 2.23. The predicted octanol–water partition coefficient (Wildman–Crippen LogP) is 3.20. The first-order valence-electron chi connectivity index (χ1n) is 8.16. The van der Waals surface area contributed by atoms with Crippen LogP contribution in [0.25, 0.3) is 0 Å². The number of benzene rings is 2. The summed E-state index contributed by atoms with van der Waals surface area (Å²) < 4.78 is 14.2. The van der Waals surface area contributed by atoms with Gasteiger partial charge in [0.15, 0.2) is 0 Å². The third kappa shape index (κ3) is 5.62. The van der Waals surface area contributed by atoms with E-state index >= 15 is 0 Å². The zero-order valence-electron chi connectivity index (χ0n) is 14.7. The topological polar surface area (TPSA) is 90.8 Å². The molecule has 1 unspecified atom stereocenters. The van der Waals surface area contributed by atoms with Gasteiger partial charge < -0.3 is 10.4 Å². The Hall–Kier alpha value is -2.74. The number of carbonyl (C=O) groups excluding carboxylic acids is 2. The first-order valence-corrected chi connectivity index (χ1v) is 8.95. The number of hydrogen-bond acceptors (Lipinski definition) is 4. The van der Waals surface area contributed by atoms with E-state index in [0.717, 1.165) is 0 Å². The van der Waals surface area contributed by atoms with E-state index in [1.807, 2.05) is 0 Å². The number of nitrogens with zero attached hydrogens (tertiary/aromatic N) is 1. The molecule has 0 aliphatic heterocycles. The minimum absolute atomic E-state index is 0.0897. The average Bonchev–Trinajstić information content (AvgIpc) is 2.62. The molecule has 0 aliphatic carbocycles. The van der Waals surface area contributed by atoms with Gasteiger partial charge in [-0.15, -0.1) is 0 Å². The molecule has 0 spiro atoms.